The highest BCUT2D eigenvalue weighted by molar-refractivity contribution is 7.79. The number of rotatable bonds is 3. The van der Waals surface area contributed by atoms with Crippen molar-refractivity contribution in [3.63, 3.8) is 0 Å². The molecule has 0 fully saturated rings. The van der Waals surface area contributed by atoms with Crippen molar-refractivity contribution in [2.75, 3.05) is 10.6 Å². The van der Waals surface area contributed by atoms with Crippen LogP contribution in [0.2, 0.25) is 5.02 Å². The lowest BCUT2D eigenvalue weighted by Gasteiger charge is -2.11. The second kappa shape index (κ2) is 7.07. The molecule has 2 aromatic carbocycles. The van der Waals surface area contributed by atoms with Crippen molar-refractivity contribution in [1.82, 2.24) is 9.97 Å². The molecule has 1 aliphatic heterocycles. The summed E-state index contributed by atoms with van der Waals surface area (Å²) in [5, 5.41) is 6.41. The van der Waals surface area contributed by atoms with Crippen LogP contribution in [0, 0.1) is 0 Å². The molecular formula is C18H13ClN4O3S. The van der Waals surface area contributed by atoms with Gasteiger partial charge in [-0.05, 0) is 42.5 Å². The summed E-state index contributed by atoms with van der Waals surface area (Å²) < 4.78 is 20.1. The standard InChI is InChI=1S/C18H13ClN4O3S/c19-11-1-6-14-15(8-11)22-16(24)7-10-9-20-18(23-17(10)14)21-12-2-4-13(5-3-12)27(25)26/h1-6,8-9H,7H2,(H,22,24)(H,25,26)(H,20,21,23). The predicted octanol–water partition coefficient (Wildman–Crippen LogP) is 3.62. The maximum atomic E-state index is 12.1. The average molecular weight is 401 g/mol. The number of benzene rings is 2. The van der Waals surface area contributed by atoms with Gasteiger partial charge in [0.2, 0.25) is 11.9 Å². The van der Waals surface area contributed by atoms with E-state index in [0.717, 1.165) is 5.56 Å². The first kappa shape index (κ1) is 17.6. The third kappa shape index (κ3) is 3.68. The molecule has 1 atom stereocenters. The van der Waals surface area contributed by atoms with Gasteiger partial charge in [-0.3, -0.25) is 4.79 Å². The molecule has 0 spiro atoms. The summed E-state index contributed by atoms with van der Waals surface area (Å²) in [5.74, 6) is 0.191. The van der Waals surface area contributed by atoms with Gasteiger partial charge in [-0.15, -0.1) is 0 Å². The van der Waals surface area contributed by atoms with Crippen LogP contribution in [0.3, 0.4) is 0 Å². The minimum absolute atomic E-state index is 0.158. The van der Waals surface area contributed by atoms with Gasteiger partial charge >= 0.3 is 0 Å². The molecular weight excluding hydrogens is 388 g/mol. The van der Waals surface area contributed by atoms with Crippen LogP contribution in [-0.4, -0.2) is 24.6 Å². The van der Waals surface area contributed by atoms with Gasteiger partial charge in [-0.25, -0.2) is 14.2 Å². The molecule has 7 nitrogen and oxygen atoms in total. The first-order valence-electron chi connectivity index (χ1n) is 7.93. The number of aromatic nitrogens is 2. The first-order chi connectivity index (χ1) is 13.0. The molecule has 0 saturated heterocycles. The fourth-order valence-electron chi connectivity index (χ4n) is 2.81. The van der Waals surface area contributed by atoms with Crippen molar-refractivity contribution in [2.45, 2.75) is 11.3 Å². The van der Waals surface area contributed by atoms with Crippen molar-refractivity contribution in [3.8, 4) is 11.3 Å². The van der Waals surface area contributed by atoms with Crippen molar-refractivity contribution in [3.05, 3.63) is 59.2 Å². The minimum atomic E-state index is -2.03. The third-order valence-electron chi connectivity index (χ3n) is 4.04. The molecule has 27 heavy (non-hydrogen) atoms. The van der Waals surface area contributed by atoms with Crippen molar-refractivity contribution < 1.29 is 13.6 Å². The summed E-state index contributed by atoms with van der Waals surface area (Å²) in [5.41, 5.74) is 3.39. The highest BCUT2D eigenvalue weighted by Gasteiger charge is 2.21. The van der Waals surface area contributed by atoms with Crippen molar-refractivity contribution in [1.29, 1.82) is 0 Å². The van der Waals surface area contributed by atoms with E-state index in [4.69, 9.17) is 16.2 Å². The van der Waals surface area contributed by atoms with E-state index in [1.165, 1.54) is 0 Å². The molecule has 1 aliphatic rings. The van der Waals surface area contributed by atoms with Gasteiger partial charge in [0.05, 0.1) is 22.7 Å². The summed E-state index contributed by atoms with van der Waals surface area (Å²) in [7, 11) is 0. The lowest BCUT2D eigenvalue weighted by molar-refractivity contribution is -0.115. The number of hydrogen-bond donors (Lipinski definition) is 3. The summed E-state index contributed by atoms with van der Waals surface area (Å²) in [6.45, 7) is 0. The Bertz CT molecular complexity index is 1070. The van der Waals surface area contributed by atoms with Crippen LogP contribution in [-0.2, 0) is 22.3 Å². The van der Waals surface area contributed by atoms with E-state index >= 15 is 0 Å². The molecule has 3 N–H and O–H groups in total. The zero-order valence-corrected chi connectivity index (χ0v) is 15.3. The molecule has 3 aromatic rings. The SMILES string of the molecule is O=C1Cc2cnc(Nc3ccc(S(=O)O)cc3)nc2-c2ccc(Cl)cc2N1. The normalized spacial score (nSPS) is 13.8. The number of carbonyl (C=O) groups is 1. The van der Waals surface area contributed by atoms with E-state index in [1.54, 1.807) is 42.6 Å². The van der Waals surface area contributed by atoms with Gasteiger partial charge in [0.15, 0.2) is 11.1 Å². The Hall–Kier alpha value is -2.81. The maximum absolute atomic E-state index is 12.1. The van der Waals surface area contributed by atoms with Gasteiger partial charge in [0.1, 0.15) is 0 Å². The van der Waals surface area contributed by atoms with Gasteiger partial charge in [-0.1, -0.05) is 11.6 Å². The zero-order chi connectivity index (χ0) is 19.0. The van der Waals surface area contributed by atoms with Gasteiger partial charge < -0.3 is 15.2 Å². The second-order valence-electron chi connectivity index (χ2n) is 5.88. The average Bonchev–Trinajstić information content (AvgIpc) is 2.77. The number of fused-ring (bicyclic) bond motifs is 3. The lowest BCUT2D eigenvalue weighted by Crippen LogP contribution is -2.12. The Kier molecular flexibility index (Phi) is 4.61. The summed E-state index contributed by atoms with van der Waals surface area (Å²) in [6, 6.07) is 11.7. The maximum Gasteiger partial charge on any atom is 0.228 e. The molecule has 0 aliphatic carbocycles. The Balaban J connectivity index is 1.71. The molecule has 1 aromatic heterocycles. The lowest BCUT2D eigenvalue weighted by atomic mass is 10.1. The van der Waals surface area contributed by atoms with Gasteiger partial charge in [0.25, 0.3) is 0 Å². The second-order valence-corrected chi connectivity index (χ2v) is 7.29. The third-order valence-corrected chi connectivity index (χ3v) is 4.95. The van der Waals surface area contributed by atoms with Gasteiger partial charge in [-0.2, -0.15) is 0 Å². The summed E-state index contributed by atoms with van der Waals surface area (Å²) >= 11 is 4.02. The fraction of sp³-hybridized carbons (Fsp3) is 0.0556. The van der Waals surface area contributed by atoms with Crippen LogP contribution < -0.4 is 10.6 Å². The fourth-order valence-corrected chi connectivity index (χ4v) is 3.35. The number of halogens is 1. The molecule has 1 amide bonds. The number of nitrogens with one attached hydrogen (secondary N) is 2. The van der Waals surface area contributed by atoms with E-state index in [1.807, 2.05) is 6.07 Å². The van der Waals surface area contributed by atoms with Crippen LogP contribution in [0.1, 0.15) is 5.56 Å². The summed E-state index contributed by atoms with van der Waals surface area (Å²) in [4.78, 5) is 21.3. The quantitative estimate of drug-likeness (QED) is 0.580. The molecule has 2 heterocycles. The van der Waals surface area contributed by atoms with Crippen LogP contribution >= 0.6 is 11.6 Å². The summed E-state index contributed by atoms with van der Waals surface area (Å²) in [6.07, 6.45) is 1.78. The number of anilines is 3. The Morgan fingerprint density at radius 2 is 1.96 bits per heavy atom. The van der Waals surface area contributed by atoms with Gasteiger partial charge in [0, 0.05) is 28.0 Å². The smallest absolute Gasteiger partial charge is 0.228 e. The van der Waals surface area contributed by atoms with Crippen molar-refractivity contribution in [2.24, 2.45) is 0 Å². The van der Waals surface area contributed by atoms with Crippen LogP contribution in [0.5, 0.6) is 0 Å². The van der Waals surface area contributed by atoms with E-state index in [2.05, 4.69) is 20.6 Å². The highest BCUT2D eigenvalue weighted by Crippen LogP contribution is 2.34. The van der Waals surface area contributed by atoms with Crippen LogP contribution in [0.25, 0.3) is 11.3 Å². The van der Waals surface area contributed by atoms with Crippen LogP contribution in [0.4, 0.5) is 17.3 Å². The number of carbonyl (C=O) groups excluding carboxylic acids is 1. The molecule has 4 rings (SSSR count). The van der Waals surface area contributed by atoms with E-state index < -0.39 is 11.1 Å². The van der Waals surface area contributed by atoms with E-state index in [0.29, 0.717) is 38.5 Å². The first-order valence-corrected chi connectivity index (χ1v) is 9.42. The predicted molar refractivity (Wildman–Crippen MR) is 104 cm³/mol. The molecule has 1 unspecified atom stereocenters. The molecule has 0 saturated carbocycles. The van der Waals surface area contributed by atoms with E-state index in [-0.39, 0.29) is 12.3 Å². The Morgan fingerprint density at radius 1 is 1.19 bits per heavy atom. The molecule has 9 heteroatoms. The monoisotopic (exact) mass is 400 g/mol. The highest BCUT2D eigenvalue weighted by atomic mass is 35.5. The molecule has 0 bridgehead atoms. The number of nitrogens with zero attached hydrogens (tertiary/aromatic N) is 2. The zero-order valence-electron chi connectivity index (χ0n) is 13.8. The number of amides is 1. The minimum Gasteiger partial charge on any atom is -0.325 e. The van der Waals surface area contributed by atoms with Crippen molar-refractivity contribution >= 4 is 45.9 Å². The molecule has 0 radical (unpaired) electrons. The van der Waals surface area contributed by atoms with Crippen LogP contribution in [0.15, 0.2) is 53.6 Å². The Labute approximate surface area is 162 Å². The Morgan fingerprint density at radius 3 is 2.70 bits per heavy atom. The topological polar surface area (TPSA) is 104 Å². The van der Waals surface area contributed by atoms with E-state index in [9.17, 15) is 9.00 Å². The largest absolute Gasteiger partial charge is 0.325 e. The molecule has 136 valence electrons. The number of hydrogen-bond acceptors (Lipinski definition) is 5.